The first-order valence-electron chi connectivity index (χ1n) is 8.33. The number of carbonyl (C=O) groups excluding carboxylic acids is 1. The van der Waals surface area contributed by atoms with Crippen LogP contribution in [0.4, 0.5) is 0 Å². The van der Waals surface area contributed by atoms with E-state index in [4.69, 9.17) is 4.52 Å². The summed E-state index contributed by atoms with van der Waals surface area (Å²) in [5.74, 6) is 0.713. The van der Waals surface area contributed by atoms with Gasteiger partial charge in [-0.3, -0.25) is 4.79 Å². The van der Waals surface area contributed by atoms with Gasteiger partial charge in [0.05, 0.1) is 5.69 Å². The molecule has 1 saturated heterocycles. The van der Waals surface area contributed by atoms with Gasteiger partial charge >= 0.3 is 5.69 Å². The molecule has 1 fully saturated rings. The third kappa shape index (κ3) is 3.72. The molecule has 0 aromatic carbocycles. The van der Waals surface area contributed by atoms with Gasteiger partial charge < -0.3 is 14.4 Å². The zero-order chi connectivity index (χ0) is 17.1. The molecule has 0 spiro atoms. The lowest BCUT2D eigenvalue weighted by atomic mass is 9.94. The second kappa shape index (κ2) is 6.98. The van der Waals surface area contributed by atoms with Gasteiger partial charge in [-0.2, -0.15) is 0 Å². The number of aromatic nitrogens is 3. The number of nitrogens with one attached hydrogen (secondary N) is 1. The van der Waals surface area contributed by atoms with E-state index in [9.17, 15) is 9.59 Å². The molecule has 0 saturated carbocycles. The highest BCUT2D eigenvalue weighted by Gasteiger charge is 2.28. The summed E-state index contributed by atoms with van der Waals surface area (Å²) in [7, 11) is 0. The van der Waals surface area contributed by atoms with E-state index in [0.29, 0.717) is 19.0 Å². The fraction of sp³-hybridized carbons (Fsp3) is 0.529. The quantitative estimate of drug-likeness (QED) is 0.925. The molecule has 1 N–H and O–H groups in total. The van der Waals surface area contributed by atoms with Crippen molar-refractivity contribution in [3.8, 4) is 0 Å². The number of aromatic amines is 1. The predicted octanol–water partition coefficient (Wildman–Crippen LogP) is 1.98. The third-order valence-electron chi connectivity index (χ3n) is 4.23. The van der Waals surface area contributed by atoms with E-state index in [1.165, 1.54) is 6.20 Å². The molecule has 1 aliphatic rings. The second-order valence-corrected chi connectivity index (χ2v) is 6.70. The van der Waals surface area contributed by atoms with Gasteiger partial charge in [-0.15, -0.1) is 0 Å². The topological polar surface area (TPSA) is 92.1 Å². The molecule has 2 aromatic heterocycles. The second-order valence-electron chi connectivity index (χ2n) is 6.70. The molecule has 1 amide bonds. The summed E-state index contributed by atoms with van der Waals surface area (Å²) in [6.45, 7) is 5.44. The lowest BCUT2D eigenvalue weighted by Crippen LogP contribution is -2.39. The minimum atomic E-state index is -0.357. The average molecular weight is 330 g/mol. The smallest absolute Gasteiger partial charge is 0.345 e. The minimum Gasteiger partial charge on any atom is -0.351 e. The zero-order valence-corrected chi connectivity index (χ0v) is 14.0. The third-order valence-corrected chi connectivity index (χ3v) is 4.23. The highest BCUT2D eigenvalue weighted by molar-refractivity contribution is 5.91. The zero-order valence-electron chi connectivity index (χ0n) is 14.0. The van der Waals surface area contributed by atoms with Gasteiger partial charge in [0.25, 0.3) is 5.91 Å². The van der Waals surface area contributed by atoms with E-state index in [1.54, 1.807) is 17.0 Å². The van der Waals surface area contributed by atoms with E-state index in [-0.39, 0.29) is 23.3 Å². The normalized spacial score (nSPS) is 18.1. The van der Waals surface area contributed by atoms with Crippen molar-refractivity contribution in [2.24, 2.45) is 5.92 Å². The Bertz CT molecular complexity index is 765. The Kier molecular flexibility index (Phi) is 4.78. The number of H-pyrrole nitrogens is 1. The van der Waals surface area contributed by atoms with Gasteiger partial charge in [0.2, 0.25) is 5.76 Å². The number of rotatable bonds is 4. The summed E-state index contributed by atoms with van der Waals surface area (Å²) in [6, 6.07) is 3.54. The summed E-state index contributed by atoms with van der Waals surface area (Å²) in [5.41, 5.74) is 1.27. The van der Waals surface area contributed by atoms with Crippen molar-refractivity contribution in [3.63, 3.8) is 0 Å². The Labute approximate surface area is 140 Å². The first-order chi connectivity index (χ1) is 11.5. The van der Waals surface area contributed by atoms with Crippen LogP contribution in [0.1, 0.15) is 54.5 Å². The molecule has 3 heterocycles. The van der Waals surface area contributed by atoms with E-state index >= 15 is 0 Å². The Balaban J connectivity index is 1.71. The number of carbonyl (C=O) groups is 1. The molecule has 0 unspecified atom stereocenters. The minimum absolute atomic E-state index is 0.108. The van der Waals surface area contributed by atoms with E-state index < -0.39 is 0 Å². The van der Waals surface area contributed by atoms with Crippen LogP contribution in [0.3, 0.4) is 0 Å². The lowest BCUT2D eigenvalue weighted by molar-refractivity contribution is 0.0663. The monoisotopic (exact) mass is 330 g/mol. The summed E-state index contributed by atoms with van der Waals surface area (Å²) in [6.07, 6.45) is 4.10. The van der Waals surface area contributed by atoms with Crippen molar-refractivity contribution in [3.05, 3.63) is 46.0 Å². The van der Waals surface area contributed by atoms with Crippen LogP contribution in [0.15, 0.2) is 27.6 Å². The van der Waals surface area contributed by atoms with Gasteiger partial charge in [-0.1, -0.05) is 19.0 Å². The number of hydrogen-bond donors (Lipinski definition) is 1. The van der Waals surface area contributed by atoms with Crippen LogP contribution in [0.5, 0.6) is 0 Å². The molecule has 7 heteroatoms. The maximum Gasteiger partial charge on any atom is 0.345 e. The molecule has 1 atom stereocenters. The van der Waals surface area contributed by atoms with Crippen LogP contribution in [-0.2, 0) is 6.42 Å². The van der Waals surface area contributed by atoms with E-state index in [2.05, 4.69) is 29.0 Å². The maximum absolute atomic E-state index is 12.7. The van der Waals surface area contributed by atoms with Crippen molar-refractivity contribution in [1.29, 1.82) is 0 Å². The lowest BCUT2D eigenvalue weighted by Gasteiger charge is -2.31. The summed E-state index contributed by atoms with van der Waals surface area (Å²) in [5, 5.41) is 3.98. The van der Waals surface area contributed by atoms with E-state index in [0.717, 1.165) is 30.7 Å². The molecular formula is C17H22N4O3. The molecule has 2 aromatic rings. The number of amides is 1. The number of piperidine rings is 1. The van der Waals surface area contributed by atoms with Crippen LogP contribution >= 0.6 is 0 Å². The van der Waals surface area contributed by atoms with Crippen molar-refractivity contribution in [2.45, 2.75) is 39.0 Å². The SMILES string of the molecule is CC(C)Cc1cc(C(=O)N2CCC[C@@H](c3ccnc(=O)[nH]3)C2)on1. The summed E-state index contributed by atoms with van der Waals surface area (Å²) < 4.78 is 5.23. The molecule has 0 bridgehead atoms. The Hall–Kier alpha value is -2.44. The number of likely N-dealkylation sites (tertiary alicyclic amines) is 1. The van der Waals surface area contributed by atoms with Gasteiger partial charge in [0.1, 0.15) is 0 Å². The fourth-order valence-corrected chi connectivity index (χ4v) is 3.12. The van der Waals surface area contributed by atoms with Crippen LogP contribution in [0.25, 0.3) is 0 Å². The molecule has 3 rings (SSSR count). The molecule has 24 heavy (non-hydrogen) atoms. The molecular weight excluding hydrogens is 308 g/mol. The van der Waals surface area contributed by atoms with Crippen molar-refractivity contribution in [2.75, 3.05) is 13.1 Å². The predicted molar refractivity (Wildman–Crippen MR) is 87.8 cm³/mol. The highest BCUT2D eigenvalue weighted by Crippen LogP contribution is 2.26. The van der Waals surface area contributed by atoms with Crippen LogP contribution in [-0.4, -0.2) is 39.0 Å². The summed E-state index contributed by atoms with van der Waals surface area (Å²) >= 11 is 0. The molecule has 0 aliphatic carbocycles. The van der Waals surface area contributed by atoms with Gasteiger partial charge in [0, 0.05) is 37.0 Å². The van der Waals surface area contributed by atoms with Crippen LogP contribution in [0.2, 0.25) is 0 Å². The average Bonchev–Trinajstić information content (AvgIpc) is 3.02. The van der Waals surface area contributed by atoms with Gasteiger partial charge in [0.15, 0.2) is 0 Å². The van der Waals surface area contributed by atoms with Crippen molar-refractivity contribution < 1.29 is 9.32 Å². The van der Waals surface area contributed by atoms with Crippen LogP contribution < -0.4 is 5.69 Å². The highest BCUT2D eigenvalue weighted by atomic mass is 16.5. The van der Waals surface area contributed by atoms with Gasteiger partial charge in [-0.25, -0.2) is 9.78 Å². The van der Waals surface area contributed by atoms with Gasteiger partial charge in [-0.05, 0) is 31.2 Å². The number of nitrogens with zero attached hydrogens (tertiary/aromatic N) is 3. The largest absolute Gasteiger partial charge is 0.351 e. The number of hydrogen-bond acceptors (Lipinski definition) is 5. The van der Waals surface area contributed by atoms with Crippen molar-refractivity contribution >= 4 is 5.91 Å². The molecule has 7 nitrogen and oxygen atoms in total. The van der Waals surface area contributed by atoms with Crippen LogP contribution in [0, 0.1) is 5.92 Å². The molecule has 1 aliphatic heterocycles. The Morgan fingerprint density at radius 2 is 2.33 bits per heavy atom. The Morgan fingerprint density at radius 3 is 3.08 bits per heavy atom. The van der Waals surface area contributed by atoms with Crippen molar-refractivity contribution in [1.82, 2.24) is 20.0 Å². The Morgan fingerprint density at radius 1 is 1.50 bits per heavy atom. The maximum atomic E-state index is 12.7. The first kappa shape index (κ1) is 16.4. The first-order valence-corrected chi connectivity index (χ1v) is 8.33. The molecule has 128 valence electrons. The standard InChI is InChI=1S/C17H22N4O3/c1-11(2)8-13-9-15(24-20-13)16(22)21-7-3-4-12(10-21)14-5-6-18-17(23)19-14/h5-6,9,11-12H,3-4,7-8,10H2,1-2H3,(H,18,19,23)/t12-/m1/s1. The van der Waals surface area contributed by atoms with E-state index in [1.807, 2.05) is 0 Å². The molecule has 0 radical (unpaired) electrons. The summed E-state index contributed by atoms with van der Waals surface area (Å²) in [4.78, 5) is 32.2. The fourth-order valence-electron chi connectivity index (χ4n) is 3.12.